The van der Waals surface area contributed by atoms with Crippen LogP contribution in [0.5, 0.6) is 0 Å². The maximum atomic E-state index is 0. The molecule has 1 radical (unpaired) electrons. The summed E-state index contributed by atoms with van der Waals surface area (Å²) in [7, 11) is 0. The first-order valence-electron chi connectivity index (χ1n) is 0. The van der Waals surface area contributed by atoms with Crippen LogP contribution in [-0.4, -0.2) is 51.4 Å². The van der Waals surface area contributed by atoms with Crippen LogP contribution in [0.2, 0.25) is 0 Å². The fraction of sp³-hybridized carbons (Fsp3) is 0. The Kier molecular flexibility index (Phi) is 148. The van der Waals surface area contributed by atoms with Gasteiger partial charge in [-0.15, -0.1) is 0 Å². The Morgan fingerprint density at radius 3 is 1.00 bits per heavy atom. The van der Waals surface area contributed by atoms with Crippen LogP contribution in [-0.2, 0) is 25.8 Å². The first-order valence-corrected chi connectivity index (χ1v) is 0. The summed E-state index contributed by atoms with van der Waals surface area (Å²) in [4.78, 5) is 0. The molecule has 0 saturated carbocycles. The second-order valence-electron chi connectivity index (χ2n) is 0. The van der Waals surface area contributed by atoms with Crippen molar-refractivity contribution >= 4 is 51.4 Å². The molecule has 4 heavy (non-hydrogen) atoms. The van der Waals surface area contributed by atoms with Gasteiger partial charge in [-0.1, -0.05) is 0 Å². The molecular weight excluding hydrogens is 124 g/mol. The monoisotopic (exact) mass is 133 g/mol. The van der Waals surface area contributed by atoms with Gasteiger partial charge in [0, 0.05) is 25.8 Å². The molecule has 0 saturated heterocycles. The quantitative estimate of drug-likeness (QED) is 0.300. The summed E-state index contributed by atoms with van der Waals surface area (Å²) in [5.41, 5.74) is 0. The van der Waals surface area contributed by atoms with Crippen molar-refractivity contribution in [1.29, 1.82) is 0 Å². The standard InChI is InChI=1S/Al.Mg.Sc.H4Si.5H/h;;;1H4;;;;;. The molecule has 0 aliphatic rings. The zero-order valence-electron chi connectivity index (χ0n) is 0.577. The molecule has 0 aromatic heterocycles. The van der Waals surface area contributed by atoms with Crippen LogP contribution in [0.4, 0.5) is 0 Å². The minimum absolute atomic E-state index is 0. The van der Waals surface area contributed by atoms with E-state index in [9.17, 15) is 0 Å². The smallest absolute Gasteiger partial charge is 0.0149 e. The molecule has 0 aromatic carbocycles. The molecule has 0 fully saturated rings. The predicted octanol–water partition coefficient (Wildman–Crippen LogP) is -3.55. The van der Waals surface area contributed by atoms with E-state index in [1.165, 1.54) is 0 Å². The van der Waals surface area contributed by atoms with Crippen molar-refractivity contribution in [2.75, 3.05) is 0 Å². The summed E-state index contributed by atoms with van der Waals surface area (Å²) >= 11 is 0. The summed E-state index contributed by atoms with van der Waals surface area (Å²) in [5, 5.41) is 0. The van der Waals surface area contributed by atoms with Crippen LogP contribution in [0.3, 0.4) is 0 Å². The summed E-state index contributed by atoms with van der Waals surface area (Å²) in [6, 6.07) is 0. The SMILES string of the molecule is [AlH3].[MgH2].[Sc].[SiH4]. The van der Waals surface area contributed by atoms with Gasteiger partial charge in [-0.05, 0) is 11.0 Å². The van der Waals surface area contributed by atoms with Gasteiger partial charge >= 0.3 is 23.1 Å². The van der Waals surface area contributed by atoms with Crippen molar-refractivity contribution < 1.29 is 25.8 Å². The Morgan fingerprint density at radius 2 is 1.00 bits per heavy atom. The minimum Gasteiger partial charge on any atom is -0.0149 e. The van der Waals surface area contributed by atoms with Gasteiger partial charge in [0.1, 0.15) is 0 Å². The summed E-state index contributed by atoms with van der Waals surface area (Å²) < 4.78 is 0. The van der Waals surface area contributed by atoms with Crippen LogP contribution in [0, 0.1) is 0 Å². The fourth-order valence-corrected chi connectivity index (χ4v) is 0. The van der Waals surface area contributed by atoms with E-state index in [0.717, 1.165) is 0 Å². The molecule has 0 nitrogen and oxygen atoms in total. The van der Waals surface area contributed by atoms with E-state index in [2.05, 4.69) is 0 Å². The molecular formula is H9AlMgScSi. The second-order valence-corrected chi connectivity index (χ2v) is 0. The van der Waals surface area contributed by atoms with Crippen molar-refractivity contribution in [2.45, 2.75) is 0 Å². The van der Waals surface area contributed by atoms with E-state index < -0.39 is 0 Å². The predicted molar refractivity (Wildman–Crippen MR) is 29.8 cm³/mol. The average Bonchev–Trinajstić information content (AvgIpc) is 0. The van der Waals surface area contributed by atoms with E-state index in [1.807, 2.05) is 0 Å². The molecule has 0 unspecified atom stereocenters. The van der Waals surface area contributed by atoms with Crippen molar-refractivity contribution in [3.63, 3.8) is 0 Å². The Hall–Kier alpha value is 2.39. The van der Waals surface area contributed by atoms with Crippen molar-refractivity contribution in [1.82, 2.24) is 0 Å². The van der Waals surface area contributed by atoms with Crippen LogP contribution in [0.15, 0.2) is 0 Å². The molecule has 0 bridgehead atoms. The summed E-state index contributed by atoms with van der Waals surface area (Å²) in [5.74, 6) is 0. The van der Waals surface area contributed by atoms with Gasteiger partial charge in [0.25, 0.3) is 0 Å². The van der Waals surface area contributed by atoms with Crippen LogP contribution < -0.4 is 0 Å². The summed E-state index contributed by atoms with van der Waals surface area (Å²) in [6.45, 7) is 0. The number of hydrogen-bond acceptors (Lipinski definition) is 0. The van der Waals surface area contributed by atoms with E-state index in [-0.39, 0.29) is 77.2 Å². The Balaban J connectivity index is 0. The third-order valence-electron chi connectivity index (χ3n) is 0. The zero-order valence-corrected chi connectivity index (χ0v) is 2.38. The van der Waals surface area contributed by atoms with Crippen LogP contribution in [0.25, 0.3) is 0 Å². The van der Waals surface area contributed by atoms with Gasteiger partial charge in [0.2, 0.25) is 0 Å². The zero-order chi connectivity index (χ0) is 0. The minimum atomic E-state index is 0. The average molecular weight is 133 g/mol. The Morgan fingerprint density at radius 1 is 1.00 bits per heavy atom. The number of hydrogen-bond donors (Lipinski definition) is 0. The van der Waals surface area contributed by atoms with E-state index >= 15 is 0 Å². The molecule has 0 spiro atoms. The van der Waals surface area contributed by atoms with Crippen molar-refractivity contribution in [3.05, 3.63) is 0 Å². The molecule has 0 aromatic rings. The second kappa shape index (κ2) is 18.2. The Bertz CT molecular complexity index is 8.00. The first-order chi connectivity index (χ1) is 0. The molecule has 0 aliphatic carbocycles. The maximum Gasteiger partial charge on any atom is 0.316 e. The van der Waals surface area contributed by atoms with Crippen LogP contribution in [0.1, 0.15) is 0 Å². The summed E-state index contributed by atoms with van der Waals surface area (Å²) in [6.07, 6.45) is 0. The van der Waals surface area contributed by atoms with E-state index in [1.54, 1.807) is 0 Å². The normalized spacial score (nSPS) is 0. The third-order valence-corrected chi connectivity index (χ3v) is 0. The molecule has 0 amide bonds. The third kappa shape index (κ3) is 8.83. The van der Waals surface area contributed by atoms with Crippen molar-refractivity contribution in [3.8, 4) is 0 Å². The van der Waals surface area contributed by atoms with Gasteiger partial charge in [-0.25, -0.2) is 0 Å². The molecule has 21 valence electrons. The largest absolute Gasteiger partial charge is 0.316 e. The van der Waals surface area contributed by atoms with Gasteiger partial charge in [0.15, 0.2) is 17.4 Å². The molecule has 4 heteroatoms. The maximum absolute atomic E-state index is 0. The van der Waals surface area contributed by atoms with E-state index in [4.69, 9.17) is 0 Å². The molecule has 0 atom stereocenters. The van der Waals surface area contributed by atoms with Gasteiger partial charge in [0.05, 0.1) is 0 Å². The Labute approximate surface area is 76.2 Å². The fourth-order valence-electron chi connectivity index (χ4n) is 0. The molecule has 0 aliphatic heterocycles. The topological polar surface area (TPSA) is 0 Å². The van der Waals surface area contributed by atoms with Gasteiger partial charge in [-0.3, -0.25) is 0 Å². The number of rotatable bonds is 0. The van der Waals surface area contributed by atoms with Crippen LogP contribution >= 0.6 is 0 Å². The molecule has 0 heterocycles. The van der Waals surface area contributed by atoms with Gasteiger partial charge in [-0.2, -0.15) is 0 Å². The molecule has 0 rings (SSSR count). The molecule has 0 N–H and O–H groups in total. The van der Waals surface area contributed by atoms with Crippen molar-refractivity contribution in [2.24, 2.45) is 0 Å². The van der Waals surface area contributed by atoms with E-state index in [0.29, 0.717) is 0 Å². The first kappa shape index (κ1) is 32.5. The van der Waals surface area contributed by atoms with Gasteiger partial charge < -0.3 is 0 Å².